The first-order valence-corrected chi connectivity index (χ1v) is 5.74. The molecule has 7 heteroatoms. The van der Waals surface area contributed by atoms with Crippen LogP contribution in [0, 0.1) is 0 Å². The molecule has 100 valence electrons. The summed E-state index contributed by atoms with van der Waals surface area (Å²) in [6.07, 6.45) is 3.86. The minimum atomic E-state index is -1.01. The number of nitrogens with zero attached hydrogens (tertiary/aromatic N) is 1. The van der Waals surface area contributed by atoms with E-state index in [0.29, 0.717) is 5.69 Å². The molecule has 3 N–H and O–H groups in total. The minimum absolute atomic E-state index is 0.223. The highest BCUT2D eigenvalue weighted by molar-refractivity contribution is 5.85. The average molecular weight is 255 g/mol. The summed E-state index contributed by atoms with van der Waals surface area (Å²) in [4.78, 5) is 29.1. The zero-order valence-electron chi connectivity index (χ0n) is 10.2. The third-order valence-electron chi connectivity index (χ3n) is 2.20. The third kappa shape index (κ3) is 4.96. The van der Waals surface area contributed by atoms with Crippen molar-refractivity contribution in [2.45, 2.75) is 32.2 Å². The summed E-state index contributed by atoms with van der Waals surface area (Å²) in [5.74, 6) is -0.814. The number of carbonyl (C=O) groups is 2. The van der Waals surface area contributed by atoms with Crippen LogP contribution < -0.4 is 5.73 Å². The predicted molar refractivity (Wildman–Crippen MR) is 62.6 cm³/mol. The normalized spacial score (nSPS) is 11.9. The number of hydrogen-bond donors (Lipinski definition) is 2. The monoisotopic (exact) mass is 255 g/mol. The third-order valence-corrected chi connectivity index (χ3v) is 2.20. The Morgan fingerprint density at radius 2 is 2.33 bits per heavy atom. The second-order valence-electron chi connectivity index (χ2n) is 3.76. The number of nitrogens with one attached hydrogen (secondary N) is 1. The number of H-pyrrole nitrogens is 1. The summed E-state index contributed by atoms with van der Waals surface area (Å²) in [5.41, 5.74) is 6.27. The molecule has 0 aliphatic rings. The van der Waals surface area contributed by atoms with Gasteiger partial charge in [-0.25, -0.2) is 14.6 Å². The molecule has 0 aliphatic carbocycles. The summed E-state index contributed by atoms with van der Waals surface area (Å²) < 4.78 is 9.13. The van der Waals surface area contributed by atoms with Gasteiger partial charge in [-0.15, -0.1) is 0 Å². The Bertz CT molecular complexity index is 378. The van der Waals surface area contributed by atoms with Gasteiger partial charge in [0.1, 0.15) is 6.04 Å². The number of aromatic nitrogens is 2. The number of hydrogen-bond acceptors (Lipinski definition) is 6. The van der Waals surface area contributed by atoms with Crippen LogP contribution in [-0.4, -0.2) is 34.7 Å². The molecule has 0 aliphatic heterocycles. The fourth-order valence-electron chi connectivity index (χ4n) is 1.20. The molecule has 1 heterocycles. The van der Waals surface area contributed by atoms with Crippen LogP contribution in [0.4, 0.5) is 4.79 Å². The van der Waals surface area contributed by atoms with Gasteiger partial charge in [0.25, 0.3) is 0 Å². The largest absolute Gasteiger partial charge is 0.516 e. The van der Waals surface area contributed by atoms with Gasteiger partial charge in [-0.2, -0.15) is 0 Å². The molecule has 1 atom stereocenters. The molecule has 0 fully saturated rings. The van der Waals surface area contributed by atoms with Crippen molar-refractivity contribution in [3.8, 4) is 0 Å². The number of imidazole rings is 1. The molecule has 0 aromatic carbocycles. The van der Waals surface area contributed by atoms with Gasteiger partial charge in [-0.05, 0) is 6.42 Å². The number of unbranched alkanes of at least 4 members (excludes halogenated alkanes) is 1. The van der Waals surface area contributed by atoms with Crippen molar-refractivity contribution in [2.75, 3.05) is 6.61 Å². The fourth-order valence-corrected chi connectivity index (χ4v) is 1.20. The van der Waals surface area contributed by atoms with Crippen molar-refractivity contribution < 1.29 is 19.1 Å². The van der Waals surface area contributed by atoms with Gasteiger partial charge in [-0.1, -0.05) is 13.3 Å². The first-order chi connectivity index (χ1) is 8.63. The van der Waals surface area contributed by atoms with Crippen LogP contribution in [0.1, 0.15) is 25.5 Å². The highest BCUT2D eigenvalue weighted by atomic mass is 16.7. The molecule has 0 spiro atoms. The van der Waals surface area contributed by atoms with E-state index in [1.165, 1.54) is 6.33 Å². The van der Waals surface area contributed by atoms with Gasteiger partial charge < -0.3 is 20.2 Å². The predicted octanol–water partition coefficient (Wildman–Crippen LogP) is 0.759. The minimum Gasteiger partial charge on any atom is -0.434 e. The van der Waals surface area contributed by atoms with Crippen LogP contribution in [-0.2, 0) is 20.7 Å². The van der Waals surface area contributed by atoms with Gasteiger partial charge in [0, 0.05) is 18.3 Å². The van der Waals surface area contributed by atoms with Crippen molar-refractivity contribution in [3.63, 3.8) is 0 Å². The molecule has 0 saturated carbocycles. The van der Waals surface area contributed by atoms with Crippen LogP contribution in [0.2, 0.25) is 0 Å². The Kier molecular flexibility index (Phi) is 5.86. The lowest BCUT2D eigenvalue weighted by molar-refractivity contribution is -0.141. The molecule has 1 rings (SSSR count). The molecule has 18 heavy (non-hydrogen) atoms. The van der Waals surface area contributed by atoms with E-state index < -0.39 is 18.2 Å². The average Bonchev–Trinajstić information content (AvgIpc) is 2.82. The van der Waals surface area contributed by atoms with Crippen molar-refractivity contribution in [1.29, 1.82) is 0 Å². The summed E-state index contributed by atoms with van der Waals surface area (Å²) in [7, 11) is 0. The number of ether oxygens (including phenoxy) is 2. The van der Waals surface area contributed by atoms with E-state index in [4.69, 9.17) is 5.73 Å². The Morgan fingerprint density at radius 1 is 1.56 bits per heavy atom. The van der Waals surface area contributed by atoms with Gasteiger partial charge in [0.2, 0.25) is 0 Å². The smallest absolute Gasteiger partial charge is 0.434 e. The van der Waals surface area contributed by atoms with Gasteiger partial charge >= 0.3 is 12.1 Å². The zero-order valence-corrected chi connectivity index (χ0v) is 10.2. The molecule has 0 unspecified atom stereocenters. The van der Waals surface area contributed by atoms with Crippen LogP contribution in [0.3, 0.4) is 0 Å². The maximum atomic E-state index is 11.4. The molecule has 0 saturated heterocycles. The molecule has 7 nitrogen and oxygen atoms in total. The van der Waals surface area contributed by atoms with Crippen molar-refractivity contribution in [3.05, 3.63) is 18.2 Å². The topological polar surface area (TPSA) is 107 Å². The van der Waals surface area contributed by atoms with Gasteiger partial charge in [0.05, 0.1) is 12.9 Å². The van der Waals surface area contributed by atoms with E-state index in [0.717, 1.165) is 12.8 Å². The number of esters is 1. The maximum absolute atomic E-state index is 11.4. The quantitative estimate of drug-likeness (QED) is 0.441. The zero-order chi connectivity index (χ0) is 13.4. The summed E-state index contributed by atoms with van der Waals surface area (Å²) in [6.45, 7) is 2.19. The molecule has 1 aromatic rings. The number of carbonyl (C=O) groups excluding carboxylic acids is 2. The second-order valence-corrected chi connectivity index (χ2v) is 3.76. The molecule has 0 amide bonds. The molecule has 0 bridgehead atoms. The fraction of sp³-hybridized carbons (Fsp3) is 0.545. The summed E-state index contributed by atoms with van der Waals surface area (Å²) >= 11 is 0. The van der Waals surface area contributed by atoms with Crippen molar-refractivity contribution in [1.82, 2.24) is 9.97 Å². The van der Waals surface area contributed by atoms with Crippen LogP contribution in [0.5, 0.6) is 0 Å². The Hall–Kier alpha value is -1.89. The van der Waals surface area contributed by atoms with Gasteiger partial charge in [0.15, 0.2) is 0 Å². The Labute approximate surface area is 105 Å². The molecular formula is C11H17N3O4. The summed E-state index contributed by atoms with van der Waals surface area (Å²) in [5, 5.41) is 0. The lowest BCUT2D eigenvalue weighted by Crippen LogP contribution is -2.36. The molecule has 0 radical (unpaired) electrons. The van der Waals surface area contributed by atoms with Crippen LogP contribution in [0.25, 0.3) is 0 Å². The highest BCUT2D eigenvalue weighted by Crippen LogP contribution is 2.00. The van der Waals surface area contributed by atoms with E-state index in [1.54, 1.807) is 6.20 Å². The number of aromatic amines is 1. The Morgan fingerprint density at radius 3 is 2.94 bits per heavy atom. The van der Waals surface area contributed by atoms with Crippen molar-refractivity contribution in [2.24, 2.45) is 5.73 Å². The maximum Gasteiger partial charge on any atom is 0.516 e. The molecular weight excluding hydrogens is 238 g/mol. The van der Waals surface area contributed by atoms with E-state index >= 15 is 0 Å². The Balaban J connectivity index is 2.28. The van der Waals surface area contributed by atoms with Crippen molar-refractivity contribution >= 4 is 12.1 Å². The number of nitrogens with two attached hydrogens (primary N) is 1. The van der Waals surface area contributed by atoms with Crippen LogP contribution in [0.15, 0.2) is 12.5 Å². The standard InChI is InChI=1S/C11H17N3O4/c1-2-3-4-17-11(16)18-10(15)9(12)5-8-6-13-7-14-8/h6-7,9H,2-5,12H2,1H3,(H,13,14)/t9-/m0/s1. The van der Waals surface area contributed by atoms with E-state index in [-0.39, 0.29) is 13.0 Å². The number of rotatable bonds is 6. The molecule has 1 aromatic heterocycles. The SMILES string of the molecule is CCCCOC(=O)OC(=O)[C@@H](N)Cc1cnc[nH]1. The van der Waals surface area contributed by atoms with Gasteiger partial charge in [-0.3, -0.25) is 0 Å². The lowest BCUT2D eigenvalue weighted by Gasteiger charge is -2.09. The van der Waals surface area contributed by atoms with E-state index in [1.807, 2.05) is 6.92 Å². The van der Waals surface area contributed by atoms with E-state index in [2.05, 4.69) is 19.4 Å². The van der Waals surface area contributed by atoms with Crippen LogP contribution >= 0.6 is 0 Å². The first kappa shape index (κ1) is 14.2. The lowest BCUT2D eigenvalue weighted by atomic mass is 10.2. The second kappa shape index (κ2) is 7.44. The van der Waals surface area contributed by atoms with E-state index in [9.17, 15) is 9.59 Å². The summed E-state index contributed by atoms with van der Waals surface area (Å²) in [6, 6.07) is -0.927. The highest BCUT2D eigenvalue weighted by Gasteiger charge is 2.20. The first-order valence-electron chi connectivity index (χ1n) is 5.74.